The molecule has 5 rings (SSSR count). The minimum absolute atomic E-state index is 0.0240. The van der Waals surface area contributed by atoms with Gasteiger partial charge in [0.25, 0.3) is 5.91 Å². The van der Waals surface area contributed by atoms with E-state index in [2.05, 4.69) is 20.7 Å². The molecule has 9 nitrogen and oxygen atoms in total. The number of hydrogen-bond acceptors (Lipinski definition) is 6. The molecule has 41 heavy (non-hydrogen) atoms. The van der Waals surface area contributed by atoms with Crippen LogP contribution < -0.4 is 15.0 Å². The second-order valence-corrected chi connectivity index (χ2v) is 9.88. The zero-order chi connectivity index (χ0) is 28.8. The maximum absolute atomic E-state index is 14.1. The summed E-state index contributed by atoms with van der Waals surface area (Å²) in [5, 5.41) is 15.4. The van der Waals surface area contributed by atoms with E-state index >= 15 is 0 Å². The standard InChI is InChI=1S/C30H30F2N6O3/c1-41-26-10-6-5-9-25(26)38(27(39)19-37-35-29(34-36-37)21-13-17-23(32)18-14-21)28(20-11-15-22(31)16-12-20)30(40)33-24-7-3-2-4-8-24/h5-6,9-18,24,28H,2-4,7-8,19H2,1H3,(H,33,40)/t28-/m0/s1. The number of nitrogens with zero attached hydrogens (tertiary/aromatic N) is 5. The van der Waals surface area contributed by atoms with Gasteiger partial charge < -0.3 is 10.1 Å². The summed E-state index contributed by atoms with van der Waals surface area (Å²) < 4.78 is 32.9. The van der Waals surface area contributed by atoms with Gasteiger partial charge in [0.1, 0.15) is 30.0 Å². The van der Waals surface area contributed by atoms with E-state index in [1.807, 2.05) is 0 Å². The molecule has 1 aliphatic carbocycles. The molecule has 0 radical (unpaired) electrons. The van der Waals surface area contributed by atoms with Crippen LogP contribution in [0.1, 0.15) is 43.7 Å². The molecule has 0 spiro atoms. The lowest BCUT2D eigenvalue weighted by molar-refractivity contribution is -0.127. The molecule has 1 aliphatic rings. The maximum Gasteiger partial charge on any atom is 0.251 e. The fraction of sp³-hybridized carbons (Fsp3) is 0.300. The Labute approximate surface area is 236 Å². The summed E-state index contributed by atoms with van der Waals surface area (Å²) in [5.74, 6) is -1.19. The van der Waals surface area contributed by atoms with Crippen molar-refractivity contribution < 1.29 is 23.1 Å². The summed E-state index contributed by atoms with van der Waals surface area (Å²) >= 11 is 0. The monoisotopic (exact) mass is 560 g/mol. The highest BCUT2D eigenvalue weighted by atomic mass is 19.1. The first kappa shape index (κ1) is 27.9. The second-order valence-electron chi connectivity index (χ2n) is 9.88. The molecule has 1 saturated carbocycles. The van der Waals surface area contributed by atoms with Crippen molar-refractivity contribution in [2.24, 2.45) is 0 Å². The zero-order valence-electron chi connectivity index (χ0n) is 22.5. The molecule has 1 heterocycles. The molecule has 3 aromatic carbocycles. The third-order valence-electron chi connectivity index (χ3n) is 7.09. The minimum atomic E-state index is -1.14. The Bertz CT molecular complexity index is 1490. The number of para-hydroxylation sites is 2. The highest BCUT2D eigenvalue weighted by Crippen LogP contribution is 2.35. The fourth-order valence-electron chi connectivity index (χ4n) is 5.06. The number of aromatic nitrogens is 4. The SMILES string of the molecule is COc1ccccc1N(C(=O)Cn1nnc(-c2ccc(F)cc2)n1)[C@H](C(=O)NC1CCCCC1)c1ccc(F)cc1. The summed E-state index contributed by atoms with van der Waals surface area (Å²) in [6.45, 7) is -0.360. The molecular formula is C30H30F2N6O3. The van der Waals surface area contributed by atoms with Crippen LogP contribution in [0.25, 0.3) is 11.4 Å². The Hall–Kier alpha value is -4.67. The Morgan fingerprint density at radius 2 is 1.63 bits per heavy atom. The molecular weight excluding hydrogens is 530 g/mol. The molecule has 0 aliphatic heterocycles. The lowest BCUT2D eigenvalue weighted by Gasteiger charge is -2.34. The average molecular weight is 561 g/mol. The van der Waals surface area contributed by atoms with Crippen LogP contribution in [0.2, 0.25) is 0 Å². The van der Waals surface area contributed by atoms with Gasteiger partial charge >= 0.3 is 0 Å². The van der Waals surface area contributed by atoms with E-state index in [1.165, 1.54) is 60.5 Å². The van der Waals surface area contributed by atoms with Gasteiger partial charge in [-0.2, -0.15) is 4.80 Å². The van der Waals surface area contributed by atoms with Crippen molar-refractivity contribution in [3.05, 3.63) is 90.0 Å². The summed E-state index contributed by atoms with van der Waals surface area (Å²) in [7, 11) is 1.48. The van der Waals surface area contributed by atoms with Crippen LogP contribution in [0.15, 0.2) is 72.8 Å². The summed E-state index contributed by atoms with van der Waals surface area (Å²) in [6, 6.07) is 16.8. The van der Waals surface area contributed by atoms with Gasteiger partial charge in [0.05, 0.1) is 12.8 Å². The predicted octanol–water partition coefficient (Wildman–Crippen LogP) is 4.85. The molecule has 1 atom stereocenters. The Morgan fingerprint density at radius 3 is 2.32 bits per heavy atom. The van der Waals surface area contributed by atoms with Gasteiger partial charge in [0, 0.05) is 11.6 Å². The van der Waals surface area contributed by atoms with Crippen LogP contribution in [0, 0.1) is 11.6 Å². The van der Waals surface area contributed by atoms with Crippen LogP contribution in [-0.4, -0.2) is 45.2 Å². The van der Waals surface area contributed by atoms with E-state index in [1.54, 1.807) is 24.3 Å². The summed E-state index contributed by atoms with van der Waals surface area (Å²) in [5.41, 5.74) is 1.31. The van der Waals surface area contributed by atoms with Crippen molar-refractivity contribution in [3.63, 3.8) is 0 Å². The van der Waals surface area contributed by atoms with Crippen molar-refractivity contribution in [1.82, 2.24) is 25.5 Å². The van der Waals surface area contributed by atoms with Crippen molar-refractivity contribution in [2.45, 2.75) is 50.7 Å². The number of benzene rings is 3. The van der Waals surface area contributed by atoms with Gasteiger partial charge in [-0.1, -0.05) is 43.5 Å². The molecule has 0 unspecified atom stereocenters. The van der Waals surface area contributed by atoms with Crippen LogP contribution in [0.3, 0.4) is 0 Å². The first-order valence-electron chi connectivity index (χ1n) is 13.5. The van der Waals surface area contributed by atoms with Crippen LogP contribution in [-0.2, 0) is 16.1 Å². The number of tetrazole rings is 1. The summed E-state index contributed by atoms with van der Waals surface area (Å²) in [6.07, 6.45) is 4.83. The number of hydrogen-bond donors (Lipinski definition) is 1. The third kappa shape index (κ3) is 6.56. The molecule has 1 N–H and O–H groups in total. The number of methoxy groups -OCH3 is 1. The van der Waals surface area contributed by atoms with Crippen molar-refractivity contribution >= 4 is 17.5 Å². The number of anilines is 1. The quantitative estimate of drug-likeness (QED) is 0.314. The molecule has 0 saturated heterocycles. The fourth-order valence-corrected chi connectivity index (χ4v) is 5.06. The Balaban J connectivity index is 1.52. The molecule has 212 valence electrons. The van der Waals surface area contributed by atoms with Gasteiger partial charge in [0.15, 0.2) is 0 Å². The molecule has 2 amide bonds. The van der Waals surface area contributed by atoms with Crippen LogP contribution >= 0.6 is 0 Å². The van der Waals surface area contributed by atoms with Crippen LogP contribution in [0.5, 0.6) is 5.75 Å². The van der Waals surface area contributed by atoms with Crippen molar-refractivity contribution in [2.75, 3.05) is 12.0 Å². The van der Waals surface area contributed by atoms with E-state index < -0.39 is 23.6 Å². The first-order chi connectivity index (χ1) is 19.9. The van der Waals surface area contributed by atoms with E-state index in [4.69, 9.17) is 4.74 Å². The number of rotatable bonds is 9. The second kappa shape index (κ2) is 12.7. The molecule has 4 aromatic rings. The van der Waals surface area contributed by atoms with E-state index in [9.17, 15) is 18.4 Å². The largest absolute Gasteiger partial charge is 0.495 e. The van der Waals surface area contributed by atoms with Gasteiger partial charge in [0.2, 0.25) is 11.7 Å². The Morgan fingerprint density at radius 1 is 0.976 bits per heavy atom. The lowest BCUT2D eigenvalue weighted by Crippen LogP contribution is -2.48. The highest BCUT2D eigenvalue weighted by Gasteiger charge is 2.36. The number of amides is 2. The zero-order valence-corrected chi connectivity index (χ0v) is 22.5. The highest BCUT2D eigenvalue weighted by molar-refractivity contribution is 6.02. The third-order valence-corrected chi connectivity index (χ3v) is 7.09. The maximum atomic E-state index is 14.1. The average Bonchev–Trinajstić information content (AvgIpc) is 3.45. The Kier molecular flexibility index (Phi) is 8.61. The van der Waals surface area contributed by atoms with Crippen molar-refractivity contribution in [3.8, 4) is 17.1 Å². The van der Waals surface area contributed by atoms with Gasteiger partial charge in [-0.05, 0) is 72.1 Å². The normalized spacial score (nSPS) is 14.3. The van der Waals surface area contributed by atoms with E-state index in [-0.39, 0.29) is 24.3 Å². The number of ether oxygens (including phenoxy) is 1. The first-order valence-corrected chi connectivity index (χ1v) is 13.5. The van der Waals surface area contributed by atoms with E-state index in [0.717, 1.165) is 36.9 Å². The van der Waals surface area contributed by atoms with Gasteiger partial charge in [-0.3, -0.25) is 14.5 Å². The summed E-state index contributed by atoms with van der Waals surface area (Å²) in [4.78, 5) is 30.5. The predicted molar refractivity (Wildman–Crippen MR) is 148 cm³/mol. The number of nitrogens with one attached hydrogen (secondary N) is 1. The van der Waals surface area contributed by atoms with Crippen molar-refractivity contribution in [1.29, 1.82) is 0 Å². The number of carbonyl (C=O) groups excluding carboxylic acids is 2. The number of halogens is 2. The smallest absolute Gasteiger partial charge is 0.251 e. The molecule has 11 heteroatoms. The topological polar surface area (TPSA) is 102 Å². The lowest BCUT2D eigenvalue weighted by atomic mass is 9.94. The number of carbonyl (C=O) groups is 2. The van der Waals surface area contributed by atoms with Crippen LogP contribution in [0.4, 0.5) is 14.5 Å². The molecule has 0 bridgehead atoms. The molecule has 1 fully saturated rings. The molecule has 1 aromatic heterocycles. The minimum Gasteiger partial charge on any atom is -0.495 e. The van der Waals surface area contributed by atoms with Gasteiger partial charge in [-0.25, -0.2) is 8.78 Å². The van der Waals surface area contributed by atoms with Gasteiger partial charge in [-0.15, -0.1) is 10.2 Å². The van der Waals surface area contributed by atoms with E-state index in [0.29, 0.717) is 22.6 Å².